The molecule has 1 N–H and O–H groups in total. The summed E-state index contributed by atoms with van der Waals surface area (Å²) >= 11 is 5.61. The van der Waals surface area contributed by atoms with Crippen LogP contribution in [0, 0.1) is 22.9 Å². The number of nitrogens with one attached hydrogen (secondary N) is 1. The van der Waals surface area contributed by atoms with E-state index in [2.05, 4.69) is 5.32 Å². The Balaban J connectivity index is 2.23. The normalized spacial score (nSPS) is 10.4. The molecule has 0 fully saturated rings. The number of nitrogens with zero attached hydrogens (tertiary/aromatic N) is 2. The molecule has 0 saturated carbocycles. The maximum atomic E-state index is 13.1. The van der Waals surface area contributed by atoms with Crippen molar-refractivity contribution in [3.05, 3.63) is 67.3 Å². The van der Waals surface area contributed by atoms with Crippen LogP contribution in [0.4, 0.5) is 15.8 Å². The molecule has 0 saturated heterocycles. The highest BCUT2D eigenvalue weighted by Crippen LogP contribution is 2.19. The number of halogens is 2. The number of hydrogen-bond donors (Lipinski definition) is 1. The van der Waals surface area contributed by atoms with Crippen LogP contribution in [0.5, 0.6) is 0 Å². The van der Waals surface area contributed by atoms with E-state index in [0.29, 0.717) is 5.69 Å². The topological polar surface area (TPSA) is 94.2 Å². The van der Waals surface area contributed by atoms with E-state index in [4.69, 9.17) is 11.6 Å². The molecule has 2 rings (SSSR count). The van der Waals surface area contributed by atoms with Gasteiger partial charge >= 0.3 is 11.2 Å². The molecule has 2 aromatic rings. The Morgan fingerprint density at radius 2 is 2.09 bits per heavy atom. The van der Waals surface area contributed by atoms with Gasteiger partial charge in [-0.05, 0) is 31.2 Å². The van der Waals surface area contributed by atoms with Crippen molar-refractivity contribution >= 4 is 28.9 Å². The van der Waals surface area contributed by atoms with Gasteiger partial charge in [0, 0.05) is 17.4 Å². The van der Waals surface area contributed by atoms with Gasteiger partial charge in [0.15, 0.2) is 0 Å². The lowest BCUT2D eigenvalue weighted by molar-refractivity contribution is -0.386. The van der Waals surface area contributed by atoms with Crippen LogP contribution < -0.4 is 10.9 Å². The number of aryl methyl sites for hydroxylation is 1. The number of anilines is 1. The quantitative estimate of drug-likeness (QED) is 0.684. The molecule has 0 aliphatic heterocycles. The minimum atomic E-state index is -0.873. The minimum absolute atomic E-state index is 0.161. The number of carbonyl (C=O) groups excluding carboxylic acids is 1. The van der Waals surface area contributed by atoms with E-state index < -0.39 is 34.4 Å². The van der Waals surface area contributed by atoms with E-state index in [-0.39, 0.29) is 10.7 Å². The van der Waals surface area contributed by atoms with Crippen LogP contribution in [0.2, 0.25) is 5.02 Å². The van der Waals surface area contributed by atoms with Gasteiger partial charge in [0.25, 0.3) is 0 Å². The summed E-state index contributed by atoms with van der Waals surface area (Å²) in [6, 6.07) is 6.08. The van der Waals surface area contributed by atoms with Crippen LogP contribution in [0.25, 0.3) is 0 Å². The smallest absolute Gasteiger partial charge is 0.324 e. The van der Waals surface area contributed by atoms with E-state index in [1.54, 1.807) is 6.92 Å². The molecule has 120 valence electrons. The van der Waals surface area contributed by atoms with Crippen molar-refractivity contribution in [2.45, 2.75) is 13.5 Å². The number of pyridine rings is 1. The van der Waals surface area contributed by atoms with Crippen molar-refractivity contribution < 1.29 is 14.1 Å². The maximum Gasteiger partial charge on any atom is 0.334 e. The Labute approximate surface area is 134 Å². The molecular weight excluding hydrogens is 329 g/mol. The first kappa shape index (κ1) is 16.6. The summed E-state index contributed by atoms with van der Waals surface area (Å²) in [5, 5.41) is 13.1. The van der Waals surface area contributed by atoms with E-state index in [1.807, 2.05) is 0 Å². The number of carbonyl (C=O) groups is 1. The molecule has 23 heavy (non-hydrogen) atoms. The van der Waals surface area contributed by atoms with Crippen LogP contribution in [0.1, 0.15) is 5.69 Å². The number of hydrogen-bond acceptors (Lipinski definition) is 4. The fourth-order valence-corrected chi connectivity index (χ4v) is 2.09. The van der Waals surface area contributed by atoms with Crippen LogP contribution in [-0.2, 0) is 11.3 Å². The summed E-state index contributed by atoms with van der Waals surface area (Å²) in [4.78, 5) is 33.9. The van der Waals surface area contributed by atoms with Gasteiger partial charge in [-0.1, -0.05) is 11.6 Å². The van der Waals surface area contributed by atoms with Gasteiger partial charge < -0.3 is 5.32 Å². The Hall–Kier alpha value is -2.74. The van der Waals surface area contributed by atoms with Gasteiger partial charge in [0.05, 0.1) is 9.95 Å². The monoisotopic (exact) mass is 339 g/mol. The molecule has 0 aliphatic carbocycles. The molecule has 1 heterocycles. The zero-order valence-electron chi connectivity index (χ0n) is 11.9. The lowest BCUT2D eigenvalue weighted by Crippen LogP contribution is -2.30. The first-order valence-electron chi connectivity index (χ1n) is 6.39. The second kappa shape index (κ2) is 6.57. The van der Waals surface area contributed by atoms with Crippen molar-refractivity contribution in [1.82, 2.24) is 4.57 Å². The highest BCUT2D eigenvalue weighted by molar-refractivity contribution is 6.31. The Kier molecular flexibility index (Phi) is 4.75. The van der Waals surface area contributed by atoms with Gasteiger partial charge in [-0.15, -0.1) is 0 Å². The summed E-state index contributed by atoms with van der Waals surface area (Å²) in [6.07, 6.45) is 0. The fourth-order valence-electron chi connectivity index (χ4n) is 1.91. The number of amides is 1. The van der Waals surface area contributed by atoms with Crippen molar-refractivity contribution in [2.75, 3.05) is 5.32 Å². The van der Waals surface area contributed by atoms with Crippen molar-refractivity contribution in [1.29, 1.82) is 0 Å². The molecule has 1 amide bonds. The van der Waals surface area contributed by atoms with Crippen LogP contribution in [0.3, 0.4) is 0 Å². The Morgan fingerprint density at radius 3 is 2.70 bits per heavy atom. The molecule has 1 aromatic carbocycles. The second-order valence-electron chi connectivity index (χ2n) is 4.69. The third-order valence-corrected chi connectivity index (χ3v) is 3.36. The Bertz CT molecular complexity index is 850. The molecule has 0 unspecified atom stereocenters. The van der Waals surface area contributed by atoms with E-state index in [9.17, 15) is 24.1 Å². The first-order valence-corrected chi connectivity index (χ1v) is 6.77. The van der Waals surface area contributed by atoms with Gasteiger partial charge in [-0.3, -0.25) is 24.3 Å². The van der Waals surface area contributed by atoms with Gasteiger partial charge in [0.2, 0.25) is 5.91 Å². The summed E-state index contributed by atoms with van der Waals surface area (Å²) < 4.78 is 14.0. The molecule has 0 bridgehead atoms. The standard InChI is InChI=1S/C14H11ClFN3O4/c1-8-2-5-12(19(22)23)14(21)18(8)7-13(20)17-9-3-4-11(16)10(15)6-9/h2-6H,7H2,1H3,(H,17,20). The van der Waals surface area contributed by atoms with Crippen LogP contribution in [-0.4, -0.2) is 15.4 Å². The van der Waals surface area contributed by atoms with Gasteiger partial charge in [-0.25, -0.2) is 4.39 Å². The maximum absolute atomic E-state index is 13.1. The highest BCUT2D eigenvalue weighted by Gasteiger charge is 2.17. The molecule has 0 aliphatic rings. The lowest BCUT2D eigenvalue weighted by Gasteiger charge is -2.10. The summed E-state index contributed by atoms with van der Waals surface area (Å²) in [5.74, 6) is -1.23. The number of aromatic nitrogens is 1. The molecule has 0 atom stereocenters. The van der Waals surface area contributed by atoms with E-state index in [1.165, 1.54) is 18.2 Å². The molecule has 0 radical (unpaired) electrons. The molecular formula is C14H11ClFN3O4. The summed E-state index contributed by atoms with van der Waals surface area (Å²) in [7, 11) is 0. The summed E-state index contributed by atoms with van der Waals surface area (Å²) in [6.45, 7) is 1.13. The van der Waals surface area contributed by atoms with E-state index >= 15 is 0 Å². The average molecular weight is 340 g/mol. The number of benzene rings is 1. The Morgan fingerprint density at radius 1 is 1.39 bits per heavy atom. The van der Waals surface area contributed by atoms with E-state index in [0.717, 1.165) is 16.7 Å². The molecule has 9 heteroatoms. The van der Waals surface area contributed by atoms with Crippen LogP contribution >= 0.6 is 11.6 Å². The zero-order valence-corrected chi connectivity index (χ0v) is 12.6. The minimum Gasteiger partial charge on any atom is -0.324 e. The summed E-state index contributed by atoms with van der Waals surface area (Å²) in [5.41, 5.74) is -0.846. The average Bonchev–Trinajstić information content (AvgIpc) is 2.47. The fraction of sp³-hybridized carbons (Fsp3) is 0.143. The van der Waals surface area contributed by atoms with Crippen molar-refractivity contribution in [2.24, 2.45) is 0 Å². The zero-order chi connectivity index (χ0) is 17.1. The predicted molar refractivity (Wildman–Crippen MR) is 82.1 cm³/mol. The SMILES string of the molecule is Cc1ccc([N+](=O)[O-])c(=O)n1CC(=O)Nc1ccc(F)c(Cl)c1. The van der Waals surface area contributed by atoms with Crippen molar-refractivity contribution in [3.8, 4) is 0 Å². The first-order chi connectivity index (χ1) is 10.8. The molecule has 1 aromatic heterocycles. The second-order valence-corrected chi connectivity index (χ2v) is 5.09. The number of nitro groups is 1. The lowest BCUT2D eigenvalue weighted by atomic mass is 10.3. The molecule has 7 nitrogen and oxygen atoms in total. The van der Waals surface area contributed by atoms with Gasteiger partial charge in [0.1, 0.15) is 12.4 Å². The highest BCUT2D eigenvalue weighted by atomic mass is 35.5. The predicted octanol–water partition coefficient (Wildman–Crippen LogP) is 2.50. The third kappa shape index (κ3) is 3.72. The van der Waals surface area contributed by atoms with Crippen molar-refractivity contribution in [3.63, 3.8) is 0 Å². The largest absolute Gasteiger partial charge is 0.334 e. The third-order valence-electron chi connectivity index (χ3n) is 3.07. The molecule has 0 spiro atoms. The van der Waals surface area contributed by atoms with Gasteiger partial charge in [-0.2, -0.15) is 0 Å². The van der Waals surface area contributed by atoms with Crippen LogP contribution in [0.15, 0.2) is 35.1 Å². The number of rotatable bonds is 4.